The molecule has 0 fully saturated rings. The first kappa shape index (κ1) is 11.5. The minimum atomic E-state index is -0.0123. The monoisotopic (exact) mass is 250 g/mol. The van der Waals surface area contributed by atoms with E-state index in [4.69, 9.17) is 5.73 Å². The molecular weight excluding hydrogens is 236 g/mol. The molecule has 0 atom stereocenters. The molecule has 0 unspecified atom stereocenters. The number of carbonyl (C=O) groups is 1. The number of nitrogens with one attached hydrogen (secondary N) is 1. The zero-order chi connectivity index (χ0) is 13.4. The van der Waals surface area contributed by atoms with E-state index in [1.54, 1.807) is 13.0 Å². The lowest BCUT2D eigenvalue weighted by molar-refractivity contribution is 0.102. The number of fused-ring (bicyclic) bond motifs is 1. The summed E-state index contributed by atoms with van der Waals surface area (Å²) in [7, 11) is 0. The van der Waals surface area contributed by atoms with Gasteiger partial charge in [0, 0.05) is 27.8 Å². The van der Waals surface area contributed by atoms with Crippen LogP contribution in [0.15, 0.2) is 48.5 Å². The summed E-state index contributed by atoms with van der Waals surface area (Å²) in [4.78, 5) is 15.1. The number of nitrogens with two attached hydrogens (primary N) is 1. The zero-order valence-corrected chi connectivity index (χ0v) is 10.6. The van der Waals surface area contributed by atoms with Gasteiger partial charge in [-0.1, -0.05) is 30.3 Å². The average molecular weight is 250 g/mol. The Morgan fingerprint density at radius 1 is 1.11 bits per heavy atom. The van der Waals surface area contributed by atoms with Crippen LogP contribution in [0.5, 0.6) is 0 Å². The predicted molar refractivity (Wildman–Crippen MR) is 78.2 cm³/mol. The summed E-state index contributed by atoms with van der Waals surface area (Å²) in [6.07, 6.45) is 0. The molecular formula is C16H14N2O. The van der Waals surface area contributed by atoms with E-state index >= 15 is 0 Å². The molecule has 0 bridgehead atoms. The molecule has 0 aliphatic carbocycles. The Morgan fingerprint density at radius 3 is 2.53 bits per heavy atom. The largest absolute Gasteiger partial charge is 0.398 e. The molecule has 3 rings (SSSR count). The number of nitrogen functional groups attached to an aromatic ring is 1. The fraction of sp³-hybridized carbons (Fsp3) is 0.0625. The summed E-state index contributed by atoms with van der Waals surface area (Å²) in [6.45, 7) is 1.54. The topological polar surface area (TPSA) is 58.9 Å². The molecule has 0 radical (unpaired) electrons. The molecule has 19 heavy (non-hydrogen) atoms. The highest BCUT2D eigenvalue weighted by Gasteiger charge is 2.12. The molecule has 0 saturated carbocycles. The van der Waals surface area contributed by atoms with Gasteiger partial charge < -0.3 is 10.7 Å². The van der Waals surface area contributed by atoms with Gasteiger partial charge in [-0.2, -0.15) is 0 Å². The van der Waals surface area contributed by atoms with Crippen LogP contribution >= 0.6 is 0 Å². The number of rotatable bonds is 2. The number of aromatic amines is 1. The second kappa shape index (κ2) is 4.28. The van der Waals surface area contributed by atoms with Crippen LogP contribution < -0.4 is 5.73 Å². The van der Waals surface area contributed by atoms with Crippen molar-refractivity contribution in [3.63, 3.8) is 0 Å². The molecule has 1 heterocycles. The summed E-state index contributed by atoms with van der Waals surface area (Å²) < 4.78 is 0. The van der Waals surface area contributed by atoms with Crippen LogP contribution in [0.1, 0.15) is 17.3 Å². The first-order chi connectivity index (χ1) is 9.16. The zero-order valence-electron chi connectivity index (χ0n) is 10.6. The summed E-state index contributed by atoms with van der Waals surface area (Å²) >= 11 is 0. The van der Waals surface area contributed by atoms with E-state index < -0.39 is 0 Å². The van der Waals surface area contributed by atoms with E-state index in [-0.39, 0.29) is 5.78 Å². The van der Waals surface area contributed by atoms with Crippen LogP contribution in [0.2, 0.25) is 0 Å². The molecule has 0 saturated heterocycles. The van der Waals surface area contributed by atoms with E-state index in [1.807, 2.05) is 42.5 Å². The van der Waals surface area contributed by atoms with Crippen molar-refractivity contribution in [3.8, 4) is 11.3 Å². The highest BCUT2D eigenvalue weighted by molar-refractivity contribution is 6.11. The second-order valence-electron chi connectivity index (χ2n) is 4.60. The van der Waals surface area contributed by atoms with Crippen LogP contribution in [0.25, 0.3) is 22.2 Å². The maximum absolute atomic E-state index is 11.7. The number of H-pyrrole nitrogens is 1. The Hall–Kier alpha value is -2.55. The molecule has 0 aliphatic heterocycles. The molecule has 3 nitrogen and oxygen atoms in total. The van der Waals surface area contributed by atoms with Gasteiger partial charge in [0.2, 0.25) is 0 Å². The second-order valence-corrected chi connectivity index (χ2v) is 4.60. The van der Waals surface area contributed by atoms with Crippen molar-refractivity contribution in [2.45, 2.75) is 6.92 Å². The van der Waals surface area contributed by atoms with Crippen LogP contribution in [-0.2, 0) is 0 Å². The molecule has 3 aromatic rings. The standard InChI is InChI=1S/C16H14N2O/c1-10(19)16-12-9-15(11-5-3-2-4-6-11)18-14(12)8-7-13(16)17/h2-9,18H,17H2,1H3. The van der Waals surface area contributed by atoms with Crippen molar-refractivity contribution < 1.29 is 4.79 Å². The summed E-state index contributed by atoms with van der Waals surface area (Å²) in [6, 6.07) is 15.7. The molecule has 3 N–H and O–H groups in total. The van der Waals surface area contributed by atoms with Gasteiger partial charge in [-0.15, -0.1) is 0 Å². The number of Topliss-reactive ketones (excluding diaryl/α,β-unsaturated/α-hetero) is 1. The number of hydrogen-bond donors (Lipinski definition) is 2. The van der Waals surface area contributed by atoms with E-state index in [0.717, 1.165) is 22.2 Å². The van der Waals surface area contributed by atoms with Crippen molar-refractivity contribution in [2.75, 3.05) is 5.73 Å². The van der Waals surface area contributed by atoms with Gasteiger partial charge >= 0.3 is 0 Å². The molecule has 0 amide bonds. The molecule has 0 spiro atoms. The third kappa shape index (κ3) is 1.89. The number of benzene rings is 2. The molecule has 94 valence electrons. The Balaban J connectivity index is 2.27. The lowest BCUT2D eigenvalue weighted by Gasteiger charge is -2.02. The van der Waals surface area contributed by atoms with Crippen LogP contribution in [-0.4, -0.2) is 10.8 Å². The summed E-state index contributed by atoms with van der Waals surface area (Å²) in [5, 5.41) is 0.881. The average Bonchev–Trinajstić information content (AvgIpc) is 2.83. The third-order valence-corrected chi connectivity index (χ3v) is 3.27. The lowest BCUT2D eigenvalue weighted by Crippen LogP contribution is -1.99. The van der Waals surface area contributed by atoms with Gasteiger partial charge in [-0.25, -0.2) is 0 Å². The number of anilines is 1. The highest BCUT2D eigenvalue weighted by Crippen LogP contribution is 2.29. The predicted octanol–water partition coefficient (Wildman–Crippen LogP) is 3.62. The van der Waals surface area contributed by atoms with Crippen molar-refractivity contribution in [3.05, 3.63) is 54.1 Å². The maximum Gasteiger partial charge on any atom is 0.162 e. The third-order valence-electron chi connectivity index (χ3n) is 3.27. The Morgan fingerprint density at radius 2 is 1.84 bits per heavy atom. The fourth-order valence-corrected chi connectivity index (χ4v) is 2.39. The van der Waals surface area contributed by atoms with E-state index in [0.29, 0.717) is 11.3 Å². The number of aromatic nitrogens is 1. The Bertz CT molecular complexity index is 757. The van der Waals surface area contributed by atoms with E-state index in [9.17, 15) is 4.79 Å². The van der Waals surface area contributed by atoms with Crippen LogP contribution in [0.3, 0.4) is 0 Å². The molecule has 1 aromatic heterocycles. The molecule has 0 aliphatic rings. The summed E-state index contributed by atoms with van der Waals surface area (Å²) in [5.41, 5.74) is 10.0. The Labute approximate surface area is 111 Å². The van der Waals surface area contributed by atoms with Gasteiger partial charge in [-0.3, -0.25) is 4.79 Å². The Kier molecular flexibility index (Phi) is 2.60. The van der Waals surface area contributed by atoms with E-state index in [2.05, 4.69) is 4.98 Å². The summed E-state index contributed by atoms with van der Waals surface area (Å²) in [5.74, 6) is -0.0123. The SMILES string of the molecule is CC(=O)c1c(N)ccc2[nH]c(-c3ccccc3)cc12. The quantitative estimate of drug-likeness (QED) is 0.539. The number of hydrogen-bond acceptors (Lipinski definition) is 2. The van der Waals surface area contributed by atoms with Crippen LogP contribution in [0.4, 0.5) is 5.69 Å². The normalized spacial score (nSPS) is 10.8. The maximum atomic E-state index is 11.7. The van der Waals surface area contributed by atoms with Gasteiger partial charge in [0.05, 0.1) is 0 Å². The van der Waals surface area contributed by atoms with Gasteiger partial charge in [0.25, 0.3) is 0 Å². The molecule has 2 aromatic carbocycles. The fourth-order valence-electron chi connectivity index (χ4n) is 2.39. The lowest BCUT2D eigenvalue weighted by atomic mass is 10.0. The smallest absolute Gasteiger partial charge is 0.162 e. The van der Waals surface area contributed by atoms with Gasteiger partial charge in [0.1, 0.15) is 0 Å². The van der Waals surface area contributed by atoms with Crippen molar-refractivity contribution in [1.82, 2.24) is 4.98 Å². The first-order valence-corrected chi connectivity index (χ1v) is 6.14. The number of ketones is 1. The van der Waals surface area contributed by atoms with Crippen molar-refractivity contribution in [1.29, 1.82) is 0 Å². The molecule has 3 heteroatoms. The van der Waals surface area contributed by atoms with Gasteiger partial charge in [-0.05, 0) is 30.7 Å². The van der Waals surface area contributed by atoms with E-state index in [1.165, 1.54) is 0 Å². The first-order valence-electron chi connectivity index (χ1n) is 6.14. The van der Waals surface area contributed by atoms with Gasteiger partial charge in [0.15, 0.2) is 5.78 Å². The number of carbonyl (C=O) groups excluding carboxylic acids is 1. The van der Waals surface area contributed by atoms with Crippen molar-refractivity contribution >= 4 is 22.4 Å². The van der Waals surface area contributed by atoms with Crippen molar-refractivity contribution in [2.24, 2.45) is 0 Å². The minimum Gasteiger partial charge on any atom is -0.398 e. The van der Waals surface area contributed by atoms with Crippen LogP contribution in [0, 0.1) is 0 Å². The highest BCUT2D eigenvalue weighted by atomic mass is 16.1. The minimum absolute atomic E-state index is 0.0123.